The minimum absolute atomic E-state index is 0.442. The lowest BCUT2D eigenvalue weighted by Gasteiger charge is -2.36. The van der Waals surface area contributed by atoms with E-state index in [1.807, 2.05) is 18.2 Å². The van der Waals surface area contributed by atoms with Crippen molar-refractivity contribution in [2.24, 2.45) is 4.99 Å². The van der Waals surface area contributed by atoms with Crippen molar-refractivity contribution in [3.8, 4) is 17.2 Å². The molecule has 1 aromatic carbocycles. The molecule has 9 heteroatoms. The summed E-state index contributed by atoms with van der Waals surface area (Å²) < 4.78 is 21.4. The number of nitrogens with one attached hydrogen (secondary N) is 1. The van der Waals surface area contributed by atoms with Crippen molar-refractivity contribution in [2.75, 3.05) is 54.1 Å². The average Bonchev–Trinajstić information content (AvgIpc) is 3.29. The SMILES string of the molecule is CCNC(=NCc1c(OC)cc(OC)cc1OC)N1CCN(Cc2ccon2)CC1. The number of aromatic nitrogens is 1. The summed E-state index contributed by atoms with van der Waals surface area (Å²) in [6, 6.07) is 5.61. The summed E-state index contributed by atoms with van der Waals surface area (Å²) in [5.74, 6) is 2.97. The Hall–Kier alpha value is -2.94. The maximum absolute atomic E-state index is 5.55. The van der Waals surface area contributed by atoms with E-state index in [4.69, 9.17) is 23.7 Å². The average molecular weight is 418 g/mol. The van der Waals surface area contributed by atoms with E-state index in [2.05, 4.69) is 27.2 Å². The zero-order valence-electron chi connectivity index (χ0n) is 18.2. The number of ether oxygens (including phenoxy) is 3. The molecule has 1 aliphatic heterocycles. The van der Waals surface area contributed by atoms with Crippen LogP contribution in [0.4, 0.5) is 0 Å². The Morgan fingerprint density at radius 2 is 1.80 bits per heavy atom. The molecule has 0 unspecified atom stereocenters. The molecule has 0 spiro atoms. The second-order valence-corrected chi connectivity index (χ2v) is 6.93. The predicted octanol–water partition coefficient (Wildman–Crippen LogP) is 1.98. The van der Waals surface area contributed by atoms with Crippen LogP contribution in [0.15, 0.2) is 34.0 Å². The third-order valence-electron chi connectivity index (χ3n) is 5.09. The third kappa shape index (κ3) is 5.35. The van der Waals surface area contributed by atoms with Crippen molar-refractivity contribution >= 4 is 5.96 Å². The number of benzene rings is 1. The largest absolute Gasteiger partial charge is 0.496 e. The lowest BCUT2D eigenvalue weighted by molar-refractivity contribution is 0.169. The zero-order valence-corrected chi connectivity index (χ0v) is 18.2. The third-order valence-corrected chi connectivity index (χ3v) is 5.09. The molecule has 1 aromatic heterocycles. The normalized spacial score (nSPS) is 15.2. The standard InChI is InChI=1S/C21H31N5O4/c1-5-22-21(26-9-7-25(8-10-26)15-16-6-11-30-24-16)23-14-18-19(28-3)12-17(27-2)13-20(18)29-4/h6,11-13H,5,7-10,14-15H2,1-4H3,(H,22,23). The van der Waals surface area contributed by atoms with Crippen molar-refractivity contribution < 1.29 is 18.7 Å². The van der Waals surface area contributed by atoms with Gasteiger partial charge >= 0.3 is 0 Å². The number of methoxy groups -OCH3 is 3. The van der Waals surface area contributed by atoms with Crippen LogP contribution in [0.25, 0.3) is 0 Å². The maximum atomic E-state index is 5.55. The van der Waals surface area contributed by atoms with Crippen LogP contribution in [0, 0.1) is 0 Å². The molecule has 1 N–H and O–H groups in total. The van der Waals surface area contributed by atoms with E-state index < -0.39 is 0 Å². The summed E-state index contributed by atoms with van der Waals surface area (Å²) in [5.41, 5.74) is 1.85. The summed E-state index contributed by atoms with van der Waals surface area (Å²) in [4.78, 5) is 9.52. The molecule has 0 amide bonds. The van der Waals surface area contributed by atoms with Crippen LogP contribution < -0.4 is 19.5 Å². The Balaban J connectivity index is 1.69. The Morgan fingerprint density at radius 3 is 2.33 bits per heavy atom. The number of guanidine groups is 1. The van der Waals surface area contributed by atoms with Gasteiger partial charge in [-0.25, -0.2) is 4.99 Å². The molecule has 1 saturated heterocycles. The quantitative estimate of drug-likeness (QED) is 0.516. The van der Waals surface area contributed by atoms with E-state index in [-0.39, 0.29) is 0 Å². The summed E-state index contributed by atoms with van der Waals surface area (Å²) >= 11 is 0. The highest BCUT2D eigenvalue weighted by Gasteiger charge is 2.21. The molecule has 0 aliphatic carbocycles. The monoisotopic (exact) mass is 417 g/mol. The fourth-order valence-corrected chi connectivity index (χ4v) is 3.48. The molecule has 0 bridgehead atoms. The van der Waals surface area contributed by atoms with Crippen LogP contribution in [-0.4, -0.2) is 75.0 Å². The van der Waals surface area contributed by atoms with Crippen molar-refractivity contribution in [2.45, 2.75) is 20.0 Å². The van der Waals surface area contributed by atoms with E-state index in [0.29, 0.717) is 23.8 Å². The fraction of sp³-hybridized carbons (Fsp3) is 0.524. The predicted molar refractivity (Wildman–Crippen MR) is 114 cm³/mol. The highest BCUT2D eigenvalue weighted by molar-refractivity contribution is 5.80. The van der Waals surface area contributed by atoms with E-state index in [0.717, 1.165) is 56.5 Å². The van der Waals surface area contributed by atoms with Crippen LogP contribution in [0.3, 0.4) is 0 Å². The number of rotatable bonds is 8. The molecule has 0 atom stereocenters. The van der Waals surface area contributed by atoms with Gasteiger partial charge in [0.1, 0.15) is 23.5 Å². The van der Waals surface area contributed by atoms with Crippen molar-refractivity contribution in [1.82, 2.24) is 20.3 Å². The van der Waals surface area contributed by atoms with Crippen LogP contribution >= 0.6 is 0 Å². The first-order valence-corrected chi connectivity index (χ1v) is 10.1. The van der Waals surface area contributed by atoms with Crippen molar-refractivity contribution in [3.05, 3.63) is 35.7 Å². The highest BCUT2D eigenvalue weighted by Crippen LogP contribution is 2.34. The van der Waals surface area contributed by atoms with Gasteiger partial charge in [0.05, 0.1) is 39.1 Å². The minimum atomic E-state index is 0.442. The molecule has 0 radical (unpaired) electrons. The second kappa shape index (κ2) is 10.7. The van der Waals surface area contributed by atoms with Gasteiger partial charge in [-0.15, -0.1) is 0 Å². The molecule has 1 aliphatic rings. The first-order valence-electron chi connectivity index (χ1n) is 10.1. The maximum Gasteiger partial charge on any atom is 0.194 e. The first kappa shape index (κ1) is 21.8. The lowest BCUT2D eigenvalue weighted by Crippen LogP contribution is -2.52. The van der Waals surface area contributed by atoms with Crippen molar-refractivity contribution in [3.63, 3.8) is 0 Å². The van der Waals surface area contributed by atoms with E-state index in [1.54, 1.807) is 27.6 Å². The Morgan fingerprint density at radius 1 is 1.10 bits per heavy atom. The smallest absolute Gasteiger partial charge is 0.194 e. The van der Waals surface area contributed by atoms with Gasteiger partial charge in [0, 0.05) is 57.5 Å². The van der Waals surface area contributed by atoms with Gasteiger partial charge < -0.3 is 29.0 Å². The molecule has 9 nitrogen and oxygen atoms in total. The molecule has 1 fully saturated rings. The highest BCUT2D eigenvalue weighted by atomic mass is 16.5. The van der Waals surface area contributed by atoms with Gasteiger partial charge in [0.15, 0.2) is 5.96 Å². The minimum Gasteiger partial charge on any atom is -0.496 e. The molecular formula is C21H31N5O4. The van der Waals surface area contributed by atoms with Gasteiger partial charge in [-0.3, -0.25) is 4.90 Å². The number of hydrogen-bond acceptors (Lipinski definition) is 7. The van der Waals surface area contributed by atoms with Gasteiger partial charge in [-0.05, 0) is 6.92 Å². The Labute approximate surface area is 177 Å². The summed E-state index contributed by atoms with van der Waals surface area (Å²) in [6.45, 7) is 7.77. The van der Waals surface area contributed by atoms with Gasteiger partial charge in [-0.1, -0.05) is 5.16 Å². The van der Waals surface area contributed by atoms with Crippen LogP contribution in [-0.2, 0) is 13.1 Å². The zero-order chi connectivity index (χ0) is 21.3. The molecular weight excluding hydrogens is 386 g/mol. The van der Waals surface area contributed by atoms with Gasteiger partial charge in [0.25, 0.3) is 0 Å². The topological polar surface area (TPSA) is 84.6 Å². The molecule has 164 valence electrons. The van der Waals surface area contributed by atoms with Gasteiger partial charge in [-0.2, -0.15) is 0 Å². The number of aliphatic imine (C=N–C) groups is 1. The summed E-state index contributed by atoms with van der Waals surface area (Å²) in [6.07, 6.45) is 1.61. The summed E-state index contributed by atoms with van der Waals surface area (Å²) in [5, 5.41) is 7.41. The Kier molecular flexibility index (Phi) is 7.78. The van der Waals surface area contributed by atoms with Crippen LogP contribution in [0.1, 0.15) is 18.2 Å². The molecule has 2 heterocycles. The van der Waals surface area contributed by atoms with Gasteiger partial charge in [0.2, 0.25) is 0 Å². The van der Waals surface area contributed by atoms with E-state index in [1.165, 1.54) is 0 Å². The second-order valence-electron chi connectivity index (χ2n) is 6.93. The van der Waals surface area contributed by atoms with E-state index >= 15 is 0 Å². The molecule has 2 aromatic rings. The Bertz CT molecular complexity index is 792. The number of hydrogen-bond donors (Lipinski definition) is 1. The fourth-order valence-electron chi connectivity index (χ4n) is 3.48. The van der Waals surface area contributed by atoms with Crippen LogP contribution in [0.2, 0.25) is 0 Å². The van der Waals surface area contributed by atoms with E-state index in [9.17, 15) is 0 Å². The number of piperazine rings is 1. The summed E-state index contributed by atoms with van der Waals surface area (Å²) in [7, 11) is 4.90. The number of nitrogens with zero attached hydrogens (tertiary/aromatic N) is 4. The molecule has 0 saturated carbocycles. The van der Waals surface area contributed by atoms with Crippen LogP contribution in [0.5, 0.6) is 17.2 Å². The first-order chi connectivity index (χ1) is 14.7. The molecule has 30 heavy (non-hydrogen) atoms. The van der Waals surface area contributed by atoms with Crippen molar-refractivity contribution in [1.29, 1.82) is 0 Å². The lowest BCUT2D eigenvalue weighted by atomic mass is 10.1. The molecule has 3 rings (SSSR count).